The number of allylic oxidation sites excluding steroid dienone is 1. The third-order valence-corrected chi connectivity index (χ3v) is 3.60. The number of hydrogen-bond donors (Lipinski definition) is 0. The summed E-state index contributed by atoms with van der Waals surface area (Å²) in [6.07, 6.45) is 4.94. The van der Waals surface area contributed by atoms with Crippen molar-refractivity contribution in [2.75, 3.05) is 0 Å². The van der Waals surface area contributed by atoms with Crippen LogP contribution in [0.1, 0.15) is 40.5 Å². The van der Waals surface area contributed by atoms with Gasteiger partial charge in [-0.05, 0) is 36.0 Å². The molecule has 0 N–H and O–H groups in total. The van der Waals surface area contributed by atoms with Crippen molar-refractivity contribution < 1.29 is 0 Å². The van der Waals surface area contributed by atoms with Gasteiger partial charge in [-0.2, -0.15) is 0 Å². The highest BCUT2D eigenvalue weighted by molar-refractivity contribution is 5.00. The summed E-state index contributed by atoms with van der Waals surface area (Å²) in [5.74, 6) is 2.42. The van der Waals surface area contributed by atoms with E-state index in [1.807, 2.05) is 0 Å². The topological polar surface area (TPSA) is 0 Å². The highest BCUT2D eigenvalue weighted by Crippen LogP contribution is 2.49. The molecule has 0 nitrogen and oxygen atoms in total. The van der Waals surface area contributed by atoms with Crippen LogP contribution in [0, 0.1) is 23.2 Å². The van der Waals surface area contributed by atoms with Gasteiger partial charge < -0.3 is 0 Å². The zero-order valence-electron chi connectivity index (χ0n) is 8.93. The third kappa shape index (κ3) is 1.57. The van der Waals surface area contributed by atoms with Crippen LogP contribution in [0.25, 0.3) is 0 Å². The molecule has 0 heterocycles. The molecule has 0 amide bonds. The second kappa shape index (κ2) is 3.24. The molecule has 0 aliphatic heterocycles. The van der Waals surface area contributed by atoms with Crippen molar-refractivity contribution in [3.63, 3.8) is 0 Å². The summed E-state index contributed by atoms with van der Waals surface area (Å²) in [5.41, 5.74) is 0.497. The standard InChI is InChI=1S/C12H22/c1-6-11-10(9(2)3)7-8-12(11,4)5/h6,9-11H,1,7-8H2,2-5H3/t10-,11-/m0/s1. The molecule has 0 saturated heterocycles. The van der Waals surface area contributed by atoms with Gasteiger partial charge in [-0.25, -0.2) is 0 Å². The second-order valence-electron chi connectivity index (χ2n) is 5.20. The molecule has 12 heavy (non-hydrogen) atoms. The molecule has 2 atom stereocenters. The molecule has 0 spiro atoms. The van der Waals surface area contributed by atoms with Crippen molar-refractivity contribution in [3.8, 4) is 0 Å². The van der Waals surface area contributed by atoms with Crippen molar-refractivity contribution >= 4 is 0 Å². The lowest BCUT2D eigenvalue weighted by Gasteiger charge is -2.29. The highest BCUT2D eigenvalue weighted by atomic mass is 14.5. The monoisotopic (exact) mass is 166 g/mol. The van der Waals surface area contributed by atoms with Crippen LogP contribution >= 0.6 is 0 Å². The molecule has 70 valence electrons. The van der Waals surface area contributed by atoms with E-state index in [-0.39, 0.29) is 0 Å². The molecule has 1 aliphatic rings. The maximum atomic E-state index is 3.97. The maximum absolute atomic E-state index is 3.97. The van der Waals surface area contributed by atoms with Gasteiger partial charge in [0.25, 0.3) is 0 Å². The first-order chi connectivity index (χ1) is 5.49. The van der Waals surface area contributed by atoms with E-state index in [0.717, 1.165) is 17.8 Å². The summed E-state index contributed by atoms with van der Waals surface area (Å²) in [6.45, 7) is 13.4. The Hall–Kier alpha value is -0.260. The van der Waals surface area contributed by atoms with Gasteiger partial charge in [0.15, 0.2) is 0 Å². The van der Waals surface area contributed by atoms with E-state index in [9.17, 15) is 0 Å². The summed E-state index contributed by atoms with van der Waals surface area (Å²) in [4.78, 5) is 0. The first kappa shape index (κ1) is 9.83. The SMILES string of the molecule is C=C[C@H]1[C@H](C(C)C)CCC1(C)C. The lowest BCUT2D eigenvalue weighted by atomic mass is 9.76. The fourth-order valence-corrected chi connectivity index (χ4v) is 2.71. The molecule has 1 aliphatic carbocycles. The van der Waals surface area contributed by atoms with Crippen LogP contribution in [-0.2, 0) is 0 Å². The molecule has 0 aromatic carbocycles. The van der Waals surface area contributed by atoms with Crippen LogP contribution in [-0.4, -0.2) is 0 Å². The van der Waals surface area contributed by atoms with E-state index in [1.54, 1.807) is 0 Å². The van der Waals surface area contributed by atoms with Crippen LogP contribution in [0.2, 0.25) is 0 Å². The van der Waals surface area contributed by atoms with E-state index in [0.29, 0.717) is 5.41 Å². The zero-order valence-corrected chi connectivity index (χ0v) is 8.93. The molecule has 0 aromatic rings. The molecular formula is C12H22. The summed E-state index contributed by atoms with van der Waals surface area (Å²) in [6, 6.07) is 0. The fourth-order valence-electron chi connectivity index (χ4n) is 2.71. The number of rotatable bonds is 2. The minimum Gasteiger partial charge on any atom is -0.103 e. The number of hydrogen-bond acceptors (Lipinski definition) is 0. The molecule has 1 saturated carbocycles. The Morgan fingerprint density at radius 2 is 2.00 bits per heavy atom. The first-order valence-corrected chi connectivity index (χ1v) is 5.11. The molecule has 0 bridgehead atoms. The second-order valence-corrected chi connectivity index (χ2v) is 5.20. The van der Waals surface area contributed by atoms with Crippen molar-refractivity contribution in [3.05, 3.63) is 12.7 Å². The summed E-state index contributed by atoms with van der Waals surface area (Å²) < 4.78 is 0. The average Bonchev–Trinajstić information content (AvgIpc) is 2.24. The minimum atomic E-state index is 0.497. The van der Waals surface area contributed by atoms with Gasteiger partial charge in [-0.3, -0.25) is 0 Å². The lowest BCUT2D eigenvalue weighted by Crippen LogP contribution is -2.22. The average molecular weight is 166 g/mol. The first-order valence-electron chi connectivity index (χ1n) is 5.11. The quantitative estimate of drug-likeness (QED) is 0.546. The molecule has 0 aromatic heterocycles. The highest BCUT2D eigenvalue weighted by Gasteiger charge is 2.40. The molecular weight excluding hydrogens is 144 g/mol. The third-order valence-electron chi connectivity index (χ3n) is 3.60. The van der Waals surface area contributed by atoms with Crippen molar-refractivity contribution in [2.24, 2.45) is 23.2 Å². The van der Waals surface area contributed by atoms with E-state index in [2.05, 4.69) is 40.3 Å². The van der Waals surface area contributed by atoms with Crippen LogP contribution < -0.4 is 0 Å². The van der Waals surface area contributed by atoms with Crippen molar-refractivity contribution in [1.82, 2.24) is 0 Å². The maximum Gasteiger partial charge on any atom is -0.0154 e. The van der Waals surface area contributed by atoms with Gasteiger partial charge in [0.1, 0.15) is 0 Å². The van der Waals surface area contributed by atoms with E-state index < -0.39 is 0 Å². The van der Waals surface area contributed by atoms with Crippen LogP contribution in [0.4, 0.5) is 0 Å². The summed E-state index contributed by atoms with van der Waals surface area (Å²) in [7, 11) is 0. The van der Waals surface area contributed by atoms with Crippen LogP contribution in [0.15, 0.2) is 12.7 Å². The predicted octanol–water partition coefficient (Wildman–Crippen LogP) is 3.88. The summed E-state index contributed by atoms with van der Waals surface area (Å²) in [5, 5.41) is 0. The van der Waals surface area contributed by atoms with Gasteiger partial charge in [0.2, 0.25) is 0 Å². The molecule has 0 heteroatoms. The Bertz CT molecular complexity index is 165. The summed E-state index contributed by atoms with van der Waals surface area (Å²) >= 11 is 0. The van der Waals surface area contributed by atoms with Crippen molar-refractivity contribution in [2.45, 2.75) is 40.5 Å². The zero-order chi connectivity index (χ0) is 9.35. The van der Waals surface area contributed by atoms with Crippen LogP contribution in [0.3, 0.4) is 0 Å². The molecule has 0 unspecified atom stereocenters. The van der Waals surface area contributed by atoms with Crippen LogP contribution in [0.5, 0.6) is 0 Å². The Kier molecular flexibility index (Phi) is 2.65. The van der Waals surface area contributed by atoms with Crippen molar-refractivity contribution in [1.29, 1.82) is 0 Å². The Balaban J connectivity index is 2.76. The Morgan fingerprint density at radius 1 is 1.42 bits per heavy atom. The Labute approximate surface area is 77.1 Å². The van der Waals surface area contributed by atoms with Gasteiger partial charge in [-0.1, -0.05) is 33.8 Å². The lowest BCUT2D eigenvalue weighted by molar-refractivity contribution is 0.236. The minimum absolute atomic E-state index is 0.497. The van der Waals surface area contributed by atoms with E-state index in [4.69, 9.17) is 0 Å². The Morgan fingerprint density at radius 3 is 2.33 bits per heavy atom. The van der Waals surface area contributed by atoms with Gasteiger partial charge in [0, 0.05) is 0 Å². The normalized spacial score (nSPS) is 34.1. The predicted molar refractivity (Wildman–Crippen MR) is 55.0 cm³/mol. The van der Waals surface area contributed by atoms with E-state index in [1.165, 1.54) is 12.8 Å². The van der Waals surface area contributed by atoms with Gasteiger partial charge >= 0.3 is 0 Å². The smallest absolute Gasteiger partial charge is 0.0154 e. The van der Waals surface area contributed by atoms with Gasteiger partial charge in [-0.15, -0.1) is 6.58 Å². The van der Waals surface area contributed by atoms with E-state index >= 15 is 0 Å². The van der Waals surface area contributed by atoms with Gasteiger partial charge in [0.05, 0.1) is 0 Å². The fraction of sp³-hybridized carbons (Fsp3) is 0.833. The molecule has 1 rings (SSSR count). The molecule has 1 fully saturated rings. The largest absolute Gasteiger partial charge is 0.103 e. The molecule has 0 radical (unpaired) electrons.